The van der Waals surface area contributed by atoms with E-state index in [-0.39, 0.29) is 0 Å². The third-order valence-corrected chi connectivity index (χ3v) is 4.09. The summed E-state index contributed by atoms with van der Waals surface area (Å²) in [5, 5.41) is 3.51. The molecule has 2 saturated heterocycles. The van der Waals surface area contributed by atoms with Crippen LogP contribution in [0.15, 0.2) is 0 Å². The molecule has 0 amide bonds. The predicted molar refractivity (Wildman–Crippen MR) is 49.2 cm³/mol. The molecular weight excluding hydrogens is 148 g/mol. The van der Waals surface area contributed by atoms with Crippen molar-refractivity contribution in [3.63, 3.8) is 0 Å². The van der Waals surface area contributed by atoms with Gasteiger partial charge in [0.2, 0.25) is 0 Å². The first kappa shape index (κ1) is 7.34. The lowest BCUT2D eigenvalue weighted by Gasteiger charge is -2.21. The highest BCUT2D eigenvalue weighted by molar-refractivity contribution is 5.19. The minimum Gasteiger partial charge on any atom is -0.314 e. The van der Waals surface area contributed by atoms with Gasteiger partial charge in [-0.05, 0) is 12.8 Å². The van der Waals surface area contributed by atoms with Crippen LogP contribution in [-0.4, -0.2) is 36.1 Å². The summed E-state index contributed by atoms with van der Waals surface area (Å²) in [6.45, 7) is 3.79. The minimum atomic E-state index is 0.696. The second-order valence-electron chi connectivity index (χ2n) is 4.58. The van der Waals surface area contributed by atoms with Gasteiger partial charge in [0.15, 0.2) is 0 Å². The Morgan fingerprint density at radius 1 is 1.17 bits per heavy atom. The summed E-state index contributed by atoms with van der Waals surface area (Å²) in [5.41, 5.74) is 0.696. The second-order valence-corrected chi connectivity index (χ2v) is 4.58. The first-order valence-corrected chi connectivity index (χ1v) is 5.41. The summed E-state index contributed by atoms with van der Waals surface area (Å²) in [6, 6.07) is 0.923. The second kappa shape index (κ2) is 2.46. The topological polar surface area (TPSA) is 15.0 Å². The number of piperazine rings is 1. The Morgan fingerprint density at radius 2 is 2.00 bits per heavy atom. The zero-order valence-electron chi connectivity index (χ0n) is 7.68. The van der Waals surface area contributed by atoms with E-state index in [9.17, 15) is 0 Å². The van der Waals surface area contributed by atoms with Crippen molar-refractivity contribution in [1.29, 1.82) is 0 Å². The Labute approximate surface area is 74.3 Å². The van der Waals surface area contributed by atoms with Gasteiger partial charge in [0.1, 0.15) is 0 Å². The minimum absolute atomic E-state index is 0.696. The van der Waals surface area contributed by atoms with E-state index in [0.717, 1.165) is 6.04 Å². The molecule has 2 atom stereocenters. The first-order chi connectivity index (χ1) is 5.93. The van der Waals surface area contributed by atoms with Gasteiger partial charge in [-0.2, -0.15) is 0 Å². The van der Waals surface area contributed by atoms with Crippen molar-refractivity contribution in [2.75, 3.05) is 19.6 Å². The lowest BCUT2D eigenvalue weighted by atomic mass is 9.86. The van der Waals surface area contributed by atoms with Crippen molar-refractivity contribution >= 4 is 0 Å². The molecule has 0 aromatic heterocycles. The van der Waals surface area contributed by atoms with E-state index in [2.05, 4.69) is 10.2 Å². The largest absolute Gasteiger partial charge is 0.314 e. The SMILES string of the molecule is C1CCC2(CC1)C1CNCCN12. The Bertz CT molecular complexity index is 170. The van der Waals surface area contributed by atoms with Crippen LogP contribution >= 0.6 is 0 Å². The van der Waals surface area contributed by atoms with Crippen molar-refractivity contribution in [3.05, 3.63) is 0 Å². The lowest BCUT2D eigenvalue weighted by Crippen LogP contribution is -2.33. The van der Waals surface area contributed by atoms with Crippen LogP contribution in [0.2, 0.25) is 0 Å². The van der Waals surface area contributed by atoms with Gasteiger partial charge >= 0.3 is 0 Å². The van der Waals surface area contributed by atoms with Gasteiger partial charge in [0, 0.05) is 31.2 Å². The van der Waals surface area contributed by atoms with Crippen LogP contribution in [0.25, 0.3) is 0 Å². The zero-order valence-corrected chi connectivity index (χ0v) is 7.68. The summed E-state index contributed by atoms with van der Waals surface area (Å²) in [6.07, 6.45) is 7.41. The third kappa shape index (κ3) is 0.826. The van der Waals surface area contributed by atoms with Crippen LogP contribution in [0, 0.1) is 0 Å². The summed E-state index contributed by atoms with van der Waals surface area (Å²) in [7, 11) is 0. The molecule has 0 aromatic carbocycles. The van der Waals surface area contributed by atoms with Crippen molar-refractivity contribution in [2.45, 2.75) is 43.7 Å². The van der Waals surface area contributed by atoms with E-state index >= 15 is 0 Å². The quantitative estimate of drug-likeness (QED) is 0.539. The van der Waals surface area contributed by atoms with Gasteiger partial charge in [0.05, 0.1) is 0 Å². The normalized spacial score (nSPS) is 44.0. The number of hydrogen-bond donors (Lipinski definition) is 1. The molecule has 2 heteroatoms. The molecule has 3 fully saturated rings. The van der Waals surface area contributed by atoms with Crippen molar-refractivity contribution < 1.29 is 0 Å². The van der Waals surface area contributed by atoms with Crippen molar-refractivity contribution in [3.8, 4) is 0 Å². The molecule has 68 valence electrons. The number of fused-ring (bicyclic) bond motifs is 3. The van der Waals surface area contributed by atoms with E-state index in [1.54, 1.807) is 0 Å². The molecule has 0 radical (unpaired) electrons. The van der Waals surface area contributed by atoms with Crippen molar-refractivity contribution in [1.82, 2.24) is 10.2 Å². The molecule has 0 aromatic rings. The monoisotopic (exact) mass is 166 g/mol. The fourth-order valence-corrected chi connectivity index (χ4v) is 3.41. The maximum Gasteiger partial charge on any atom is 0.0411 e. The number of rotatable bonds is 0. The Balaban J connectivity index is 1.75. The van der Waals surface area contributed by atoms with Crippen LogP contribution in [0.1, 0.15) is 32.1 Å². The van der Waals surface area contributed by atoms with E-state index in [1.165, 1.54) is 51.7 Å². The van der Waals surface area contributed by atoms with Crippen molar-refractivity contribution in [2.24, 2.45) is 0 Å². The van der Waals surface area contributed by atoms with Gasteiger partial charge in [-0.1, -0.05) is 19.3 Å². The molecule has 0 bridgehead atoms. The van der Waals surface area contributed by atoms with Crippen LogP contribution in [-0.2, 0) is 0 Å². The molecule has 2 unspecified atom stereocenters. The summed E-state index contributed by atoms with van der Waals surface area (Å²) >= 11 is 0. The maximum absolute atomic E-state index is 3.51. The highest BCUT2D eigenvalue weighted by Crippen LogP contribution is 2.51. The van der Waals surface area contributed by atoms with E-state index in [1.807, 2.05) is 0 Å². The summed E-state index contributed by atoms with van der Waals surface area (Å²) < 4.78 is 0. The molecule has 1 saturated carbocycles. The predicted octanol–water partition coefficient (Wildman–Crippen LogP) is 0.977. The Hall–Kier alpha value is -0.0800. The molecule has 1 N–H and O–H groups in total. The van der Waals surface area contributed by atoms with Crippen LogP contribution in [0.4, 0.5) is 0 Å². The van der Waals surface area contributed by atoms with Gasteiger partial charge in [0.25, 0.3) is 0 Å². The number of hydrogen-bond acceptors (Lipinski definition) is 2. The highest BCUT2D eigenvalue weighted by atomic mass is 15.4. The Kier molecular flexibility index (Phi) is 1.50. The molecule has 12 heavy (non-hydrogen) atoms. The van der Waals surface area contributed by atoms with Crippen LogP contribution < -0.4 is 5.32 Å². The van der Waals surface area contributed by atoms with E-state index in [4.69, 9.17) is 0 Å². The van der Waals surface area contributed by atoms with Crippen LogP contribution in [0.5, 0.6) is 0 Å². The molecule has 3 rings (SSSR count). The summed E-state index contributed by atoms with van der Waals surface area (Å²) in [4.78, 5) is 2.75. The standard InChI is InChI=1S/C10H18N2/c1-2-4-10(5-3-1)9-8-11-6-7-12(9)10/h9,11H,1-8H2. The van der Waals surface area contributed by atoms with E-state index < -0.39 is 0 Å². The van der Waals surface area contributed by atoms with E-state index in [0.29, 0.717) is 5.54 Å². The van der Waals surface area contributed by atoms with Gasteiger partial charge in [-0.15, -0.1) is 0 Å². The highest BCUT2D eigenvalue weighted by Gasteiger charge is 2.61. The molecule has 2 nitrogen and oxygen atoms in total. The molecular formula is C10H18N2. The van der Waals surface area contributed by atoms with Gasteiger partial charge in [-0.25, -0.2) is 0 Å². The Morgan fingerprint density at radius 3 is 2.67 bits per heavy atom. The summed E-state index contributed by atoms with van der Waals surface area (Å²) in [5.74, 6) is 0. The first-order valence-electron chi connectivity index (χ1n) is 5.41. The third-order valence-electron chi connectivity index (χ3n) is 4.09. The average Bonchev–Trinajstić information content (AvgIpc) is 2.77. The fraction of sp³-hybridized carbons (Fsp3) is 1.00. The smallest absolute Gasteiger partial charge is 0.0411 e. The molecule has 1 aliphatic carbocycles. The molecule has 1 spiro atoms. The molecule has 2 aliphatic heterocycles. The fourth-order valence-electron chi connectivity index (χ4n) is 3.41. The van der Waals surface area contributed by atoms with Gasteiger partial charge in [-0.3, -0.25) is 4.90 Å². The molecule has 3 aliphatic rings. The van der Waals surface area contributed by atoms with Crippen LogP contribution in [0.3, 0.4) is 0 Å². The number of nitrogens with zero attached hydrogens (tertiary/aromatic N) is 1. The number of nitrogens with one attached hydrogen (secondary N) is 1. The lowest BCUT2D eigenvalue weighted by molar-refractivity contribution is 0.309. The average molecular weight is 166 g/mol. The zero-order chi connectivity index (χ0) is 8.02. The molecule has 2 heterocycles. The maximum atomic E-state index is 3.51. The van der Waals surface area contributed by atoms with Gasteiger partial charge < -0.3 is 5.32 Å².